The number of nitrogens with zero attached hydrogens (tertiary/aromatic N) is 2. The molecule has 1 rings (SSSR count). The van der Waals surface area contributed by atoms with E-state index in [0.29, 0.717) is 5.82 Å². The summed E-state index contributed by atoms with van der Waals surface area (Å²) in [6.07, 6.45) is 1.45. The number of aryl methyl sites for hydroxylation is 1. The van der Waals surface area contributed by atoms with E-state index in [9.17, 15) is 0 Å². The molecule has 0 unspecified atom stereocenters. The highest BCUT2D eigenvalue weighted by atomic mass is 16.3. The van der Waals surface area contributed by atoms with Gasteiger partial charge in [0.2, 0.25) is 0 Å². The minimum absolute atomic E-state index is 0.250. The molecule has 0 saturated heterocycles. The summed E-state index contributed by atoms with van der Waals surface area (Å²) in [7, 11) is 0. The average molecular weight is 155 g/mol. The molecule has 0 radical (unpaired) electrons. The molecule has 0 fully saturated rings. The third kappa shape index (κ3) is 4.83. The van der Waals surface area contributed by atoms with Crippen molar-refractivity contribution in [2.45, 2.75) is 6.92 Å². The van der Waals surface area contributed by atoms with E-state index in [-0.39, 0.29) is 6.47 Å². The van der Waals surface area contributed by atoms with Gasteiger partial charge in [-0.15, -0.1) is 0 Å². The molecule has 0 aliphatic heterocycles. The van der Waals surface area contributed by atoms with Crippen LogP contribution in [0.3, 0.4) is 0 Å². The minimum Gasteiger partial charge on any atom is -0.483 e. The number of nitrogens with two attached hydrogens (primary N) is 1. The third-order valence-electron chi connectivity index (χ3n) is 0.825. The molecule has 0 amide bonds. The van der Waals surface area contributed by atoms with Gasteiger partial charge >= 0.3 is 0 Å². The smallest absolute Gasteiger partial charge is 0.290 e. The summed E-state index contributed by atoms with van der Waals surface area (Å²) in [5.74, 6) is 0.525. The predicted octanol–water partition coefficient (Wildman–Crippen LogP) is 0.0680. The Kier molecular flexibility index (Phi) is 4.39. The van der Waals surface area contributed by atoms with Crippen LogP contribution in [-0.2, 0) is 4.79 Å². The van der Waals surface area contributed by atoms with Crippen LogP contribution in [0.2, 0.25) is 0 Å². The van der Waals surface area contributed by atoms with Crippen molar-refractivity contribution in [1.29, 1.82) is 0 Å². The summed E-state index contributed by atoms with van der Waals surface area (Å²) < 4.78 is 0. The molecular formula is C6H9N3O2. The Labute approximate surface area is 63.9 Å². The second-order valence-corrected chi connectivity index (χ2v) is 1.69. The fourth-order valence-electron chi connectivity index (χ4n) is 0.475. The van der Waals surface area contributed by atoms with Gasteiger partial charge < -0.3 is 10.8 Å². The van der Waals surface area contributed by atoms with E-state index < -0.39 is 0 Å². The van der Waals surface area contributed by atoms with Gasteiger partial charge in [-0.1, -0.05) is 0 Å². The summed E-state index contributed by atoms with van der Waals surface area (Å²) in [6.45, 7) is 1.62. The molecule has 0 saturated carbocycles. The molecule has 0 bridgehead atoms. The highest BCUT2D eigenvalue weighted by molar-refractivity contribution is 5.32. The summed E-state index contributed by atoms with van der Waals surface area (Å²) in [5.41, 5.74) is 6.21. The molecule has 0 aromatic carbocycles. The fourth-order valence-corrected chi connectivity index (χ4v) is 0.475. The number of aromatic nitrogens is 2. The largest absolute Gasteiger partial charge is 0.483 e. The number of anilines is 1. The summed E-state index contributed by atoms with van der Waals surface area (Å²) in [6, 6.07) is 1.72. The molecule has 11 heavy (non-hydrogen) atoms. The zero-order chi connectivity index (χ0) is 8.69. The Morgan fingerprint density at radius 1 is 1.64 bits per heavy atom. The van der Waals surface area contributed by atoms with Crippen LogP contribution in [-0.4, -0.2) is 21.5 Å². The fraction of sp³-hybridized carbons (Fsp3) is 0.167. The van der Waals surface area contributed by atoms with Crippen LogP contribution in [0.25, 0.3) is 0 Å². The second-order valence-electron chi connectivity index (χ2n) is 1.69. The summed E-state index contributed by atoms with van der Waals surface area (Å²) in [5, 5.41) is 6.89. The molecule has 1 aromatic heterocycles. The molecule has 60 valence electrons. The van der Waals surface area contributed by atoms with E-state index in [4.69, 9.17) is 15.6 Å². The van der Waals surface area contributed by atoms with Gasteiger partial charge in [-0.05, 0) is 6.92 Å². The van der Waals surface area contributed by atoms with Crippen molar-refractivity contribution in [3.8, 4) is 0 Å². The topological polar surface area (TPSA) is 89.1 Å². The number of nitrogen functional groups attached to an aromatic ring is 1. The van der Waals surface area contributed by atoms with Crippen molar-refractivity contribution in [3.05, 3.63) is 18.1 Å². The Hall–Kier alpha value is -1.65. The SMILES string of the molecule is Cc1cc(N)ncn1.O=CO. The van der Waals surface area contributed by atoms with Gasteiger partial charge in [0.1, 0.15) is 12.1 Å². The van der Waals surface area contributed by atoms with E-state index in [1.165, 1.54) is 6.33 Å². The van der Waals surface area contributed by atoms with Gasteiger partial charge in [-0.3, -0.25) is 4.79 Å². The zero-order valence-corrected chi connectivity index (χ0v) is 6.06. The van der Waals surface area contributed by atoms with Gasteiger partial charge in [0.15, 0.2) is 0 Å². The Bertz CT molecular complexity index is 210. The van der Waals surface area contributed by atoms with Gasteiger partial charge in [-0.25, -0.2) is 9.97 Å². The standard InChI is InChI=1S/C5H7N3.CH2O2/c1-4-2-5(6)8-3-7-4;2-1-3/h2-3H,1H3,(H2,6,7,8);1H,(H,2,3). The molecule has 1 aromatic rings. The molecule has 3 N–H and O–H groups in total. The molecule has 5 heteroatoms. The van der Waals surface area contributed by atoms with Crippen molar-refractivity contribution in [2.24, 2.45) is 0 Å². The van der Waals surface area contributed by atoms with E-state index in [0.717, 1.165) is 5.69 Å². The van der Waals surface area contributed by atoms with E-state index >= 15 is 0 Å². The lowest BCUT2D eigenvalue weighted by Crippen LogP contribution is -1.90. The highest BCUT2D eigenvalue weighted by Crippen LogP contribution is 1.94. The van der Waals surface area contributed by atoms with Crippen LogP contribution in [0.15, 0.2) is 12.4 Å². The molecule has 0 aliphatic carbocycles. The van der Waals surface area contributed by atoms with Gasteiger partial charge in [0.05, 0.1) is 0 Å². The number of carboxylic acid groups (broad SMARTS) is 1. The molecule has 0 atom stereocenters. The highest BCUT2D eigenvalue weighted by Gasteiger charge is 1.83. The predicted molar refractivity (Wildman–Crippen MR) is 39.9 cm³/mol. The molecule has 5 nitrogen and oxygen atoms in total. The van der Waals surface area contributed by atoms with Gasteiger partial charge in [-0.2, -0.15) is 0 Å². The van der Waals surface area contributed by atoms with Crippen LogP contribution in [0.1, 0.15) is 5.69 Å². The van der Waals surface area contributed by atoms with Crippen LogP contribution in [0, 0.1) is 6.92 Å². The second kappa shape index (κ2) is 5.16. The number of carbonyl (C=O) groups is 1. The van der Waals surface area contributed by atoms with Gasteiger partial charge in [0, 0.05) is 11.8 Å². The normalized spacial score (nSPS) is 7.73. The summed E-state index contributed by atoms with van der Waals surface area (Å²) >= 11 is 0. The molecule has 1 heterocycles. The van der Waals surface area contributed by atoms with Crippen molar-refractivity contribution in [1.82, 2.24) is 9.97 Å². The van der Waals surface area contributed by atoms with Crippen molar-refractivity contribution in [3.63, 3.8) is 0 Å². The average Bonchev–Trinajstić information content (AvgIpc) is 1.88. The number of hydrogen-bond donors (Lipinski definition) is 2. The third-order valence-corrected chi connectivity index (χ3v) is 0.825. The van der Waals surface area contributed by atoms with E-state index in [2.05, 4.69) is 9.97 Å². The van der Waals surface area contributed by atoms with E-state index in [1.54, 1.807) is 6.07 Å². The number of hydrogen-bond acceptors (Lipinski definition) is 4. The maximum Gasteiger partial charge on any atom is 0.290 e. The lowest BCUT2D eigenvalue weighted by atomic mass is 10.4. The lowest BCUT2D eigenvalue weighted by molar-refractivity contribution is -0.122. The first kappa shape index (κ1) is 9.35. The van der Waals surface area contributed by atoms with Gasteiger partial charge in [0.25, 0.3) is 6.47 Å². The lowest BCUT2D eigenvalue weighted by Gasteiger charge is -1.89. The van der Waals surface area contributed by atoms with Crippen LogP contribution >= 0.6 is 0 Å². The molecular weight excluding hydrogens is 146 g/mol. The quantitative estimate of drug-likeness (QED) is 0.517. The summed E-state index contributed by atoms with van der Waals surface area (Å²) in [4.78, 5) is 15.9. The Morgan fingerprint density at radius 2 is 2.18 bits per heavy atom. The first-order valence-corrected chi connectivity index (χ1v) is 2.82. The molecule has 0 spiro atoms. The van der Waals surface area contributed by atoms with E-state index in [1.807, 2.05) is 6.92 Å². The molecule has 0 aliphatic rings. The minimum atomic E-state index is -0.250. The maximum atomic E-state index is 8.36. The Balaban J connectivity index is 0.000000292. The Morgan fingerprint density at radius 3 is 2.45 bits per heavy atom. The van der Waals surface area contributed by atoms with Crippen molar-refractivity contribution in [2.75, 3.05) is 5.73 Å². The van der Waals surface area contributed by atoms with Crippen LogP contribution in [0.5, 0.6) is 0 Å². The van der Waals surface area contributed by atoms with Crippen molar-refractivity contribution < 1.29 is 9.90 Å². The van der Waals surface area contributed by atoms with Crippen LogP contribution < -0.4 is 5.73 Å². The first-order valence-electron chi connectivity index (χ1n) is 2.82. The monoisotopic (exact) mass is 155 g/mol. The number of rotatable bonds is 0. The first-order chi connectivity index (χ1) is 5.20. The zero-order valence-electron chi connectivity index (χ0n) is 6.06. The van der Waals surface area contributed by atoms with Crippen molar-refractivity contribution >= 4 is 12.3 Å². The maximum absolute atomic E-state index is 8.36. The van der Waals surface area contributed by atoms with Crippen LogP contribution in [0.4, 0.5) is 5.82 Å².